The second-order valence-electron chi connectivity index (χ2n) is 8.31. The number of aromatic amines is 1. The molecule has 2 N–H and O–H groups in total. The highest BCUT2D eigenvalue weighted by Gasteiger charge is 2.38. The fourth-order valence-corrected chi connectivity index (χ4v) is 4.89. The lowest BCUT2D eigenvalue weighted by atomic mass is 9.79. The Labute approximate surface area is 161 Å². The molecule has 1 aliphatic heterocycles. The van der Waals surface area contributed by atoms with Crippen LogP contribution >= 0.6 is 0 Å². The summed E-state index contributed by atoms with van der Waals surface area (Å²) in [6.07, 6.45) is 11.5. The number of aromatic nitrogens is 2. The smallest absolute Gasteiger partial charge is 0.220 e. The molecule has 0 unspecified atom stereocenters. The fourth-order valence-electron chi connectivity index (χ4n) is 4.89. The predicted octanol–water partition coefficient (Wildman–Crippen LogP) is 3.80. The van der Waals surface area contributed by atoms with Crippen molar-refractivity contribution in [3.63, 3.8) is 0 Å². The highest BCUT2D eigenvalue weighted by Crippen LogP contribution is 2.35. The Balaban J connectivity index is 1.32. The van der Waals surface area contributed by atoms with Crippen molar-refractivity contribution in [1.29, 1.82) is 0 Å². The minimum Gasteiger partial charge on any atom is -0.354 e. The van der Waals surface area contributed by atoms with Gasteiger partial charge in [-0.2, -0.15) is 0 Å². The van der Waals surface area contributed by atoms with Gasteiger partial charge in [-0.15, -0.1) is 0 Å². The van der Waals surface area contributed by atoms with E-state index >= 15 is 0 Å². The van der Waals surface area contributed by atoms with Crippen molar-refractivity contribution in [1.82, 2.24) is 20.2 Å². The maximum absolute atomic E-state index is 12.5. The molecule has 1 saturated heterocycles. The van der Waals surface area contributed by atoms with Gasteiger partial charge in [-0.25, -0.2) is 4.98 Å². The molecule has 0 atom stereocenters. The minimum atomic E-state index is 0.150. The van der Waals surface area contributed by atoms with E-state index in [9.17, 15) is 4.79 Å². The Morgan fingerprint density at radius 2 is 1.81 bits per heavy atom. The van der Waals surface area contributed by atoms with E-state index in [1.807, 2.05) is 24.3 Å². The molecule has 1 aromatic heterocycles. The van der Waals surface area contributed by atoms with Crippen LogP contribution < -0.4 is 5.32 Å². The Morgan fingerprint density at radius 1 is 1.07 bits per heavy atom. The Kier molecular flexibility index (Phi) is 5.77. The van der Waals surface area contributed by atoms with Gasteiger partial charge in [0.1, 0.15) is 5.82 Å². The number of carbonyl (C=O) groups excluding carboxylic acids is 1. The standard InChI is InChI=1S/C22H32N4O/c27-21(12-11-20-24-18-9-3-4-10-19(18)25-20)23-17-22(13-5-1-6-14-22)26-15-7-2-8-16-26/h3-4,9-10H,1-2,5-8,11-17H2,(H,23,27)(H,24,25). The zero-order valence-corrected chi connectivity index (χ0v) is 16.3. The summed E-state index contributed by atoms with van der Waals surface area (Å²) in [4.78, 5) is 23.1. The van der Waals surface area contributed by atoms with Crippen molar-refractivity contribution in [3.8, 4) is 0 Å². The number of fused-ring (bicyclic) bond motifs is 1. The van der Waals surface area contributed by atoms with Crippen molar-refractivity contribution >= 4 is 16.9 Å². The Bertz CT molecular complexity index is 724. The molecular formula is C22H32N4O. The van der Waals surface area contributed by atoms with Crippen molar-refractivity contribution in [2.45, 2.75) is 69.7 Å². The van der Waals surface area contributed by atoms with Gasteiger partial charge >= 0.3 is 0 Å². The summed E-state index contributed by atoms with van der Waals surface area (Å²) >= 11 is 0. The van der Waals surface area contributed by atoms with Crippen LogP contribution in [0.1, 0.15) is 63.6 Å². The van der Waals surface area contributed by atoms with Gasteiger partial charge < -0.3 is 10.3 Å². The maximum Gasteiger partial charge on any atom is 0.220 e. The van der Waals surface area contributed by atoms with Crippen molar-refractivity contribution in [2.24, 2.45) is 0 Å². The van der Waals surface area contributed by atoms with Crippen LogP contribution in [0.15, 0.2) is 24.3 Å². The number of rotatable bonds is 6. The van der Waals surface area contributed by atoms with E-state index in [2.05, 4.69) is 20.2 Å². The number of likely N-dealkylation sites (tertiary alicyclic amines) is 1. The molecule has 5 nitrogen and oxygen atoms in total. The van der Waals surface area contributed by atoms with E-state index in [1.54, 1.807) is 0 Å². The molecule has 4 rings (SSSR count). The third-order valence-corrected chi connectivity index (χ3v) is 6.45. The van der Waals surface area contributed by atoms with Gasteiger partial charge in [-0.1, -0.05) is 37.8 Å². The summed E-state index contributed by atoms with van der Waals surface area (Å²) in [7, 11) is 0. The van der Waals surface area contributed by atoms with E-state index in [0.717, 1.165) is 23.4 Å². The third kappa shape index (κ3) is 4.34. The van der Waals surface area contributed by atoms with Crippen LogP contribution in [-0.2, 0) is 11.2 Å². The molecule has 146 valence electrons. The first-order valence-corrected chi connectivity index (χ1v) is 10.7. The summed E-state index contributed by atoms with van der Waals surface area (Å²) in [5, 5.41) is 3.27. The predicted molar refractivity (Wildman–Crippen MR) is 109 cm³/mol. The largest absolute Gasteiger partial charge is 0.354 e. The zero-order chi connectivity index (χ0) is 18.5. The van der Waals surface area contributed by atoms with Gasteiger partial charge in [-0.3, -0.25) is 9.69 Å². The van der Waals surface area contributed by atoms with E-state index in [1.165, 1.54) is 64.5 Å². The molecule has 0 bridgehead atoms. The Hall–Kier alpha value is -1.88. The highest BCUT2D eigenvalue weighted by atomic mass is 16.1. The number of H-pyrrole nitrogens is 1. The number of aryl methyl sites for hydroxylation is 1. The summed E-state index contributed by atoms with van der Waals surface area (Å²) in [5.41, 5.74) is 2.21. The first-order valence-electron chi connectivity index (χ1n) is 10.7. The van der Waals surface area contributed by atoms with Crippen LogP contribution in [0.4, 0.5) is 0 Å². The number of hydrogen-bond acceptors (Lipinski definition) is 3. The Morgan fingerprint density at radius 3 is 2.59 bits per heavy atom. The van der Waals surface area contributed by atoms with Crippen molar-refractivity contribution < 1.29 is 4.79 Å². The molecule has 1 aromatic carbocycles. The van der Waals surface area contributed by atoms with Crippen LogP contribution in [0.25, 0.3) is 11.0 Å². The van der Waals surface area contributed by atoms with Crippen LogP contribution in [0.3, 0.4) is 0 Å². The first-order chi connectivity index (χ1) is 13.3. The van der Waals surface area contributed by atoms with Gasteiger partial charge in [0.15, 0.2) is 0 Å². The molecule has 5 heteroatoms. The summed E-state index contributed by atoms with van der Waals surface area (Å²) < 4.78 is 0. The van der Waals surface area contributed by atoms with E-state index in [-0.39, 0.29) is 11.4 Å². The number of benzene rings is 1. The van der Waals surface area contributed by atoms with E-state index in [4.69, 9.17) is 0 Å². The zero-order valence-electron chi connectivity index (χ0n) is 16.3. The average molecular weight is 369 g/mol. The van der Waals surface area contributed by atoms with Gasteiger partial charge in [0, 0.05) is 24.9 Å². The number of nitrogens with zero attached hydrogens (tertiary/aromatic N) is 2. The molecule has 1 aliphatic carbocycles. The number of imidazole rings is 1. The number of amides is 1. The lowest BCUT2D eigenvalue weighted by Crippen LogP contribution is -2.58. The van der Waals surface area contributed by atoms with Crippen LogP contribution in [-0.4, -0.2) is 45.9 Å². The van der Waals surface area contributed by atoms with Crippen LogP contribution in [0.2, 0.25) is 0 Å². The number of nitrogens with one attached hydrogen (secondary N) is 2. The molecule has 1 saturated carbocycles. The van der Waals surface area contributed by atoms with Crippen molar-refractivity contribution in [2.75, 3.05) is 19.6 Å². The van der Waals surface area contributed by atoms with Gasteiger partial charge in [0.05, 0.1) is 11.0 Å². The normalized spacial score (nSPS) is 20.6. The van der Waals surface area contributed by atoms with Gasteiger partial charge in [0.2, 0.25) is 5.91 Å². The molecule has 2 aliphatic rings. The van der Waals surface area contributed by atoms with Gasteiger partial charge in [-0.05, 0) is 50.9 Å². The lowest BCUT2D eigenvalue weighted by molar-refractivity contribution is -0.122. The third-order valence-electron chi connectivity index (χ3n) is 6.45. The van der Waals surface area contributed by atoms with E-state index < -0.39 is 0 Å². The van der Waals surface area contributed by atoms with Gasteiger partial charge in [0.25, 0.3) is 0 Å². The van der Waals surface area contributed by atoms with Crippen molar-refractivity contribution in [3.05, 3.63) is 30.1 Å². The SMILES string of the molecule is O=C(CCc1nc2ccccc2[nH]1)NCC1(N2CCCCC2)CCCCC1. The molecular weight excluding hydrogens is 336 g/mol. The molecule has 2 aromatic rings. The molecule has 2 fully saturated rings. The quantitative estimate of drug-likeness (QED) is 0.815. The molecule has 1 amide bonds. The lowest BCUT2D eigenvalue weighted by Gasteiger charge is -2.48. The number of para-hydroxylation sites is 2. The van der Waals surface area contributed by atoms with Crippen LogP contribution in [0, 0.1) is 0 Å². The number of hydrogen-bond donors (Lipinski definition) is 2. The number of carbonyl (C=O) groups is 1. The topological polar surface area (TPSA) is 61.0 Å². The minimum absolute atomic E-state index is 0.150. The van der Waals surface area contributed by atoms with Crippen LogP contribution in [0.5, 0.6) is 0 Å². The molecule has 0 spiro atoms. The summed E-state index contributed by atoms with van der Waals surface area (Å²) in [6.45, 7) is 3.22. The highest BCUT2D eigenvalue weighted by molar-refractivity contribution is 5.77. The average Bonchev–Trinajstić information content (AvgIpc) is 3.15. The monoisotopic (exact) mass is 368 g/mol. The fraction of sp³-hybridized carbons (Fsp3) is 0.636. The first kappa shape index (κ1) is 18.5. The molecule has 0 radical (unpaired) electrons. The molecule has 2 heterocycles. The second-order valence-corrected chi connectivity index (χ2v) is 8.31. The maximum atomic E-state index is 12.5. The second kappa shape index (κ2) is 8.42. The number of piperidine rings is 1. The summed E-state index contributed by atoms with van der Waals surface area (Å²) in [6, 6.07) is 8.02. The molecule has 27 heavy (non-hydrogen) atoms. The summed E-state index contributed by atoms with van der Waals surface area (Å²) in [5.74, 6) is 1.05. The van der Waals surface area contributed by atoms with E-state index in [0.29, 0.717) is 12.8 Å².